The van der Waals surface area contributed by atoms with E-state index in [0.29, 0.717) is 29.1 Å². The molecule has 4 aromatic rings. The van der Waals surface area contributed by atoms with E-state index in [0.717, 1.165) is 23.1 Å². The van der Waals surface area contributed by atoms with Crippen molar-refractivity contribution >= 4 is 56.0 Å². The molecule has 34 heavy (non-hydrogen) atoms. The molecule has 2 amide bonds. The molecule has 0 aliphatic rings. The van der Waals surface area contributed by atoms with Gasteiger partial charge in [0.05, 0.1) is 18.0 Å². The lowest BCUT2D eigenvalue weighted by molar-refractivity contribution is -0.117. The summed E-state index contributed by atoms with van der Waals surface area (Å²) in [4.78, 5) is 40.9. The van der Waals surface area contributed by atoms with Crippen LogP contribution >= 0.6 is 15.9 Å². The average Bonchev–Trinajstić information content (AvgIpc) is 3.35. The molecule has 3 heterocycles. The number of amides is 2. The Balaban J connectivity index is 1.34. The average molecular weight is 521 g/mol. The number of carbonyl (C=O) groups is 2. The van der Waals surface area contributed by atoms with E-state index in [9.17, 15) is 9.59 Å². The summed E-state index contributed by atoms with van der Waals surface area (Å²) in [6, 6.07) is 9.35. The minimum absolute atomic E-state index is 0.315. The Hall–Kier alpha value is -4.12. The number of benzene rings is 1. The highest BCUT2D eigenvalue weighted by Crippen LogP contribution is 2.25. The quantitative estimate of drug-likeness (QED) is 0.228. The maximum absolute atomic E-state index is 12.3. The van der Waals surface area contributed by atoms with E-state index in [1.54, 1.807) is 24.8 Å². The molecule has 11 heteroatoms. The van der Waals surface area contributed by atoms with Gasteiger partial charge in [0, 0.05) is 53.2 Å². The molecular formula is C23H21BrN8O2. The van der Waals surface area contributed by atoms with Crippen molar-refractivity contribution in [3.8, 4) is 0 Å². The molecule has 0 saturated heterocycles. The number of aromatic nitrogens is 5. The molecule has 0 spiro atoms. The molecule has 3 N–H and O–H groups in total. The van der Waals surface area contributed by atoms with Gasteiger partial charge in [-0.15, -0.1) is 0 Å². The number of carbonyl (C=O) groups excluding carboxylic acids is 2. The van der Waals surface area contributed by atoms with Crippen LogP contribution in [0, 0.1) is 0 Å². The molecule has 0 bridgehead atoms. The van der Waals surface area contributed by atoms with Crippen LogP contribution in [0.3, 0.4) is 0 Å². The first-order valence-corrected chi connectivity index (χ1v) is 11.2. The topological polar surface area (TPSA) is 127 Å². The third-order valence-electron chi connectivity index (χ3n) is 4.70. The van der Waals surface area contributed by atoms with Gasteiger partial charge in [0.15, 0.2) is 0 Å². The third-order valence-corrected chi connectivity index (χ3v) is 5.19. The van der Waals surface area contributed by atoms with Gasteiger partial charge in [-0.05, 0) is 30.7 Å². The zero-order chi connectivity index (χ0) is 23.8. The normalized spacial score (nSPS) is 11.0. The molecule has 1 aromatic carbocycles. The van der Waals surface area contributed by atoms with E-state index in [1.807, 2.05) is 35.0 Å². The minimum atomic E-state index is -0.473. The first-order valence-electron chi connectivity index (χ1n) is 10.4. The van der Waals surface area contributed by atoms with Crippen LogP contribution in [0.15, 0.2) is 78.2 Å². The standard InChI is InChI=1S/C23H21BrN8O2/c24-16-3-1-4-17(11-16)30-23-18-12-20(27-13-19(18)28-14-29-23)31-22(34)6-5-21(33)26-7-2-9-32-10-8-25-15-32/h1,3-6,8,10-15H,2,7,9H2,(H,26,33)(H,27,31,34)(H,28,29,30)/b6-5+. The van der Waals surface area contributed by atoms with Crippen LogP contribution in [-0.4, -0.2) is 42.9 Å². The van der Waals surface area contributed by atoms with Crippen LogP contribution in [0.2, 0.25) is 0 Å². The SMILES string of the molecule is O=C(/C=C/C(=O)Nc1cc2c(Nc3cccc(Br)c3)ncnc2cn1)NCCCn1ccnc1. The Labute approximate surface area is 203 Å². The number of halogens is 1. The summed E-state index contributed by atoms with van der Waals surface area (Å²) in [6.45, 7) is 1.24. The first kappa shape index (κ1) is 23.1. The van der Waals surface area contributed by atoms with Gasteiger partial charge in [-0.3, -0.25) is 9.59 Å². The number of hydrogen-bond donors (Lipinski definition) is 3. The molecule has 0 fully saturated rings. The van der Waals surface area contributed by atoms with Crippen molar-refractivity contribution in [1.29, 1.82) is 0 Å². The molecule has 0 atom stereocenters. The lowest BCUT2D eigenvalue weighted by Crippen LogP contribution is -2.23. The van der Waals surface area contributed by atoms with E-state index in [1.165, 1.54) is 18.5 Å². The molecular weight excluding hydrogens is 500 g/mol. The van der Waals surface area contributed by atoms with Crippen LogP contribution in [0.25, 0.3) is 10.9 Å². The number of nitrogens with zero attached hydrogens (tertiary/aromatic N) is 5. The van der Waals surface area contributed by atoms with Gasteiger partial charge in [0.1, 0.15) is 18.0 Å². The Kier molecular flexibility index (Phi) is 7.56. The fourth-order valence-electron chi connectivity index (χ4n) is 3.10. The second kappa shape index (κ2) is 11.1. The number of pyridine rings is 1. The van der Waals surface area contributed by atoms with Crippen LogP contribution < -0.4 is 16.0 Å². The van der Waals surface area contributed by atoms with E-state index in [2.05, 4.69) is 51.8 Å². The van der Waals surface area contributed by atoms with Crippen molar-refractivity contribution in [1.82, 2.24) is 29.8 Å². The highest BCUT2D eigenvalue weighted by molar-refractivity contribution is 9.10. The molecule has 0 unspecified atom stereocenters. The van der Waals surface area contributed by atoms with Crippen molar-refractivity contribution in [2.75, 3.05) is 17.2 Å². The molecule has 3 aromatic heterocycles. The predicted molar refractivity (Wildman–Crippen MR) is 132 cm³/mol. The molecule has 10 nitrogen and oxygen atoms in total. The number of nitrogens with one attached hydrogen (secondary N) is 3. The fraction of sp³-hybridized carbons (Fsp3) is 0.130. The van der Waals surface area contributed by atoms with Gasteiger partial charge in [0.25, 0.3) is 0 Å². The van der Waals surface area contributed by atoms with Gasteiger partial charge < -0.3 is 20.5 Å². The molecule has 0 aliphatic heterocycles. The molecule has 172 valence electrons. The van der Waals surface area contributed by atoms with Gasteiger partial charge in [0.2, 0.25) is 11.8 Å². The van der Waals surface area contributed by atoms with Gasteiger partial charge >= 0.3 is 0 Å². The smallest absolute Gasteiger partial charge is 0.249 e. The maximum atomic E-state index is 12.3. The first-order chi connectivity index (χ1) is 16.6. The van der Waals surface area contributed by atoms with Gasteiger partial charge in [-0.1, -0.05) is 22.0 Å². The summed E-state index contributed by atoms with van der Waals surface area (Å²) < 4.78 is 2.86. The summed E-state index contributed by atoms with van der Waals surface area (Å²) in [5.74, 6) is 0.0709. The monoisotopic (exact) mass is 520 g/mol. The lowest BCUT2D eigenvalue weighted by atomic mass is 10.2. The predicted octanol–water partition coefficient (Wildman–Crippen LogP) is 3.43. The Morgan fingerprint density at radius 3 is 2.79 bits per heavy atom. The molecule has 0 saturated carbocycles. The van der Waals surface area contributed by atoms with Crippen LogP contribution in [-0.2, 0) is 16.1 Å². The van der Waals surface area contributed by atoms with E-state index >= 15 is 0 Å². The number of aryl methyl sites for hydroxylation is 1. The number of anilines is 3. The summed E-state index contributed by atoms with van der Waals surface area (Å²) in [5.41, 5.74) is 1.46. The largest absolute Gasteiger partial charge is 0.352 e. The summed E-state index contributed by atoms with van der Waals surface area (Å²) >= 11 is 3.45. The second-order valence-corrected chi connectivity index (χ2v) is 8.13. The van der Waals surface area contributed by atoms with E-state index in [-0.39, 0.29) is 5.91 Å². The van der Waals surface area contributed by atoms with Crippen molar-refractivity contribution in [3.63, 3.8) is 0 Å². The number of rotatable bonds is 9. The number of imidazole rings is 1. The van der Waals surface area contributed by atoms with Crippen LogP contribution in [0.4, 0.5) is 17.3 Å². The summed E-state index contributed by atoms with van der Waals surface area (Å²) in [7, 11) is 0. The zero-order valence-corrected chi connectivity index (χ0v) is 19.6. The van der Waals surface area contributed by atoms with Gasteiger partial charge in [-0.2, -0.15) is 0 Å². The zero-order valence-electron chi connectivity index (χ0n) is 18.0. The summed E-state index contributed by atoms with van der Waals surface area (Å²) in [5, 5.41) is 9.33. The minimum Gasteiger partial charge on any atom is -0.352 e. The number of hydrogen-bond acceptors (Lipinski definition) is 7. The second-order valence-electron chi connectivity index (χ2n) is 7.21. The Bertz CT molecular complexity index is 1320. The highest BCUT2D eigenvalue weighted by atomic mass is 79.9. The van der Waals surface area contributed by atoms with E-state index in [4.69, 9.17) is 0 Å². The third kappa shape index (κ3) is 6.45. The van der Waals surface area contributed by atoms with Crippen LogP contribution in [0.5, 0.6) is 0 Å². The fourth-order valence-corrected chi connectivity index (χ4v) is 3.50. The maximum Gasteiger partial charge on any atom is 0.249 e. The molecule has 0 radical (unpaired) electrons. The summed E-state index contributed by atoms with van der Waals surface area (Å²) in [6.07, 6.45) is 11.4. The van der Waals surface area contributed by atoms with E-state index < -0.39 is 5.91 Å². The number of fused-ring (bicyclic) bond motifs is 1. The van der Waals surface area contributed by atoms with Crippen molar-refractivity contribution in [3.05, 3.63) is 78.2 Å². The Morgan fingerprint density at radius 2 is 1.97 bits per heavy atom. The van der Waals surface area contributed by atoms with Crippen LogP contribution in [0.1, 0.15) is 6.42 Å². The molecule has 0 aliphatic carbocycles. The van der Waals surface area contributed by atoms with Gasteiger partial charge in [-0.25, -0.2) is 19.9 Å². The van der Waals surface area contributed by atoms with Crippen molar-refractivity contribution in [2.45, 2.75) is 13.0 Å². The lowest BCUT2D eigenvalue weighted by Gasteiger charge is -2.09. The van der Waals surface area contributed by atoms with Crippen molar-refractivity contribution < 1.29 is 9.59 Å². The Morgan fingerprint density at radius 1 is 1.09 bits per heavy atom. The highest BCUT2D eigenvalue weighted by Gasteiger charge is 2.08. The van der Waals surface area contributed by atoms with Crippen molar-refractivity contribution in [2.24, 2.45) is 0 Å². The molecule has 4 rings (SSSR count).